The molecule has 0 N–H and O–H groups in total. The third-order valence-electron chi connectivity index (χ3n) is 3.53. The van der Waals surface area contributed by atoms with E-state index in [0.29, 0.717) is 6.42 Å². The Hall–Kier alpha value is -1.90. The molecule has 0 saturated carbocycles. The smallest absolute Gasteiger partial charge is 0.309 e. The minimum absolute atomic E-state index is 0.0185. The summed E-state index contributed by atoms with van der Waals surface area (Å²) in [5, 5.41) is 0. The van der Waals surface area contributed by atoms with Crippen molar-refractivity contribution in [2.24, 2.45) is 10.4 Å². The Morgan fingerprint density at radius 3 is 2.76 bits per heavy atom. The molecule has 1 aromatic rings. The van der Waals surface area contributed by atoms with Gasteiger partial charge >= 0.3 is 5.97 Å². The van der Waals surface area contributed by atoms with Crippen molar-refractivity contribution in [2.45, 2.75) is 33.6 Å². The fraction of sp³-hybridized carbons (Fsp3) is 0.444. The Balaban J connectivity index is 2.33. The van der Waals surface area contributed by atoms with Crippen molar-refractivity contribution in [3.8, 4) is 0 Å². The summed E-state index contributed by atoms with van der Waals surface area (Å²) in [6.45, 7) is 7.41. The van der Waals surface area contributed by atoms with Gasteiger partial charge in [-0.25, -0.2) is 0 Å². The lowest BCUT2D eigenvalue weighted by molar-refractivity contribution is -0.139. The number of benzene rings is 1. The topological polar surface area (TPSA) is 38.7 Å². The first-order valence-electron chi connectivity index (χ1n) is 7.33. The molecule has 0 fully saturated rings. The van der Waals surface area contributed by atoms with Crippen LogP contribution in [-0.4, -0.2) is 25.3 Å². The fourth-order valence-corrected chi connectivity index (χ4v) is 2.55. The Morgan fingerprint density at radius 1 is 1.33 bits per heavy atom. The molecule has 112 valence electrons. The van der Waals surface area contributed by atoms with Gasteiger partial charge in [0.1, 0.15) is 0 Å². The number of allylic oxidation sites excluding steroid dienone is 1. The lowest BCUT2D eigenvalue weighted by atomic mass is 9.81. The molecule has 2 rings (SSSR count). The number of nitrogens with zero attached hydrogens (tertiary/aromatic N) is 1. The molecule has 0 spiro atoms. The highest BCUT2D eigenvalue weighted by Crippen LogP contribution is 2.31. The van der Waals surface area contributed by atoms with Crippen molar-refractivity contribution in [1.82, 2.24) is 0 Å². The highest BCUT2D eigenvalue weighted by Gasteiger charge is 2.25. The van der Waals surface area contributed by atoms with Crippen LogP contribution in [0.5, 0.6) is 0 Å². The van der Waals surface area contributed by atoms with E-state index < -0.39 is 0 Å². The summed E-state index contributed by atoms with van der Waals surface area (Å²) < 4.78 is 4.74. The minimum Gasteiger partial charge on any atom is -0.469 e. The monoisotopic (exact) mass is 285 g/mol. The van der Waals surface area contributed by atoms with Gasteiger partial charge < -0.3 is 4.74 Å². The van der Waals surface area contributed by atoms with E-state index in [-0.39, 0.29) is 11.4 Å². The molecule has 0 aromatic heterocycles. The first-order valence-corrected chi connectivity index (χ1v) is 7.33. The molecule has 3 heteroatoms. The van der Waals surface area contributed by atoms with E-state index in [2.05, 4.69) is 39.0 Å². The standard InChI is InChI=1S/C18H23NO2/c1-18(2,3)17-15(9-6-10-19-17)14-8-5-7-13(11-14)12-16(20)21-4/h5,7-9,11H,6,10,12H2,1-4H3. The van der Waals surface area contributed by atoms with E-state index in [1.807, 2.05) is 12.1 Å². The maximum atomic E-state index is 11.4. The fourth-order valence-electron chi connectivity index (χ4n) is 2.55. The maximum absolute atomic E-state index is 11.4. The average Bonchev–Trinajstić information content (AvgIpc) is 2.46. The van der Waals surface area contributed by atoms with E-state index in [1.54, 1.807) is 0 Å². The highest BCUT2D eigenvalue weighted by atomic mass is 16.5. The summed E-state index contributed by atoms with van der Waals surface area (Å²) in [5.74, 6) is -0.213. The molecule has 0 radical (unpaired) electrons. The second-order valence-corrected chi connectivity index (χ2v) is 6.34. The molecule has 0 saturated heterocycles. The quantitative estimate of drug-likeness (QED) is 0.795. The summed E-state index contributed by atoms with van der Waals surface area (Å²) in [6, 6.07) is 8.09. The number of dihydropyridines is 1. The number of methoxy groups -OCH3 is 1. The SMILES string of the molecule is COC(=O)Cc1cccc(C2=CCCN=C2C(C)(C)C)c1. The Morgan fingerprint density at radius 2 is 2.10 bits per heavy atom. The van der Waals surface area contributed by atoms with Crippen molar-refractivity contribution in [2.75, 3.05) is 13.7 Å². The minimum atomic E-state index is -0.213. The van der Waals surface area contributed by atoms with Crippen molar-refractivity contribution in [1.29, 1.82) is 0 Å². The lowest BCUT2D eigenvalue weighted by Crippen LogP contribution is -2.24. The maximum Gasteiger partial charge on any atom is 0.309 e. The molecule has 0 amide bonds. The van der Waals surface area contributed by atoms with Crippen LogP contribution in [0, 0.1) is 5.41 Å². The second kappa shape index (κ2) is 6.25. The molecule has 0 aliphatic carbocycles. The van der Waals surface area contributed by atoms with Gasteiger partial charge in [0.15, 0.2) is 0 Å². The zero-order valence-corrected chi connectivity index (χ0v) is 13.3. The Labute approximate surface area is 126 Å². The number of aliphatic imine (C=N–C) groups is 1. The highest BCUT2D eigenvalue weighted by molar-refractivity contribution is 6.26. The van der Waals surface area contributed by atoms with Crippen LogP contribution in [0.3, 0.4) is 0 Å². The van der Waals surface area contributed by atoms with Gasteiger partial charge in [-0.05, 0) is 23.1 Å². The molecule has 0 atom stereocenters. The number of hydrogen-bond acceptors (Lipinski definition) is 3. The van der Waals surface area contributed by atoms with Gasteiger partial charge in [-0.15, -0.1) is 0 Å². The molecular formula is C18H23NO2. The number of ether oxygens (including phenoxy) is 1. The third kappa shape index (κ3) is 3.81. The van der Waals surface area contributed by atoms with Crippen LogP contribution in [0.1, 0.15) is 38.3 Å². The number of esters is 1. The molecule has 1 aliphatic heterocycles. The molecule has 0 unspecified atom stereocenters. The lowest BCUT2D eigenvalue weighted by Gasteiger charge is -2.27. The molecular weight excluding hydrogens is 262 g/mol. The van der Waals surface area contributed by atoms with Crippen molar-refractivity contribution in [3.05, 3.63) is 41.5 Å². The van der Waals surface area contributed by atoms with Gasteiger partial charge in [-0.2, -0.15) is 0 Å². The van der Waals surface area contributed by atoms with Gasteiger partial charge in [-0.1, -0.05) is 51.1 Å². The van der Waals surface area contributed by atoms with Gasteiger partial charge in [0, 0.05) is 17.7 Å². The van der Waals surface area contributed by atoms with E-state index in [1.165, 1.54) is 12.7 Å². The Bertz CT molecular complexity index is 591. The van der Waals surface area contributed by atoms with Crippen molar-refractivity contribution >= 4 is 17.3 Å². The van der Waals surface area contributed by atoms with Gasteiger partial charge in [0.25, 0.3) is 0 Å². The number of carbonyl (C=O) groups is 1. The molecule has 3 nitrogen and oxygen atoms in total. The largest absolute Gasteiger partial charge is 0.469 e. The van der Waals surface area contributed by atoms with E-state index in [0.717, 1.165) is 29.8 Å². The second-order valence-electron chi connectivity index (χ2n) is 6.34. The summed E-state index contributed by atoms with van der Waals surface area (Å²) in [7, 11) is 1.42. The molecule has 21 heavy (non-hydrogen) atoms. The summed E-state index contributed by atoms with van der Waals surface area (Å²) in [6.07, 6.45) is 3.53. The number of rotatable bonds is 3. The van der Waals surface area contributed by atoms with Crippen molar-refractivity contribution in [3.63, 3.8) is 0 Å². The van der Waals surface area contributed by atoms with Gasteiger partial charge in [-0.3, -0.25) is 9.79 Å². The van der Waals surface area contributed by atoms with Gasteiger partial charge in [0.05, 0.1) is 13.5 Å². The molecule has 1 aromatic carbocycles. The van der Waals surface area contributed by atoms with E-state index in [4.69, 9.17) is 9.73 Å². The van der Waals surface area contributed by atoms with Gasteiger partial charge in [0.2, 0.25) is 0 Å². The zero-order chi connectivity index (χ0) is 15.5. The zero-order valence-electron chi connectivity index (χ0n) is 13.3. The van der Waals surface area contributed by atoms with Crippen LogP contribution in [0.2, 0.25) is 0 Å². The average molecular weight is 285 g/mol. The molecule has 1 aliphatic rings. The molecule has 0 bridgehead atoms. The first-order chi connectivity index (χ1) is 9.91. The number of hydrogen-bond donors (Lipinski definition) is 0. The van der Waals surface area contributed by atoms with Crippen LogP contribution < -0.4 is 0 Å². The van der Waals surface area contributed by atoms with Crippen LogP contribution in [0.15, 0.2) is 35.3 Å². The summed E-state index contributed by atoms with van der Waals surface area (Å²) in [5.41, 5.74) is 4.46. The Kier molecular flexibility index (Phi) is 4.61. The normalized spacial score (nSPS) is 15.2. The van der Waals surface area contributed by atoms with Crippen LogP contribution in [0.4, 0.5) is 0 Å². The third-order valence-corrected chi connectivity index (χ3v) is 3.53. The van der Waals surface area contributed by atoms with Crippen LogP contribution in [0.25, 0.3) is 5.57 Å². The van der Waals surface area contributed by atoms with Crippen LogP contribution >= 0.6 is 0 Å². The molecule has 1 heterocycles. The number of carbonyl (C=O) groups excluding carboxylic acids is 1. The van der Waals surface area contributed by atoms with Crippen molar-refractivity contribution < 1.29 is 9.53 Å². The van der Waals surface area contributed by atoms with Crippen LogP contribution in [-0.2, 0) is 16.0 Å². The predicted octanol–water partition coefficient (Wildman–Crippen LogP) is 3.68. The van der Waals surface area contributed by atoms with E-state index in [9.17, 15) is 4.79 Å². The first kappa shape index (κ1) is 15.5. The summed E-state index contributed by atoms with van der Waals surface area (Å²) in [4.78, 5) is 16.2. The summed E-state index contributed by atoms with van der Waals surface area (Å²) >= 11 is 0. The predicted molar refractivity (Wildman–Crippen MR) is 86.5 cm³/mol. The van der Waals surface area contributed by atoms with E-state index >= 15 is 0 Å².